The van der Waals surface area contributed by atoms with Crippen LogP contribution in [0.2, 0.25) is 0 Å². The molecular weight excluding hydrogens is 460 g/mol. The average Bonchev–Trinajstić information content (AvgIpc) is 3.20. The summed E-state index contributed by atoms with van der Waals surface area (Å²) in [7, 11) is -4.01. The number of amides is 1. The summed E-state index contributed by atoms with van der Waals surface area (Å²) in [5.41, 5.74) is 0.477. The van der Waals surface area contributed by atoms with E-state index in [1.54, 1.807) is 48.5 Å². The number of amidine groups is 1. The number of para-hydroxylation sites is 1. The van der Waals surface area contributed by atoms with Crippen LogP contribution in [0.5, 0.6) is 5.75 Å². The van der Waals surface area contributed by atoms with E-state index in [4.69, 9.17) is 9.44 Å². The smallest absolute Gasteiger partial charge is 0.339 e. The molecule has 2 aromatic carbocycles. The Bertz CT molecular complexity index is 1230. The molecule has 2 aromatic rings. The molecule has 10 heteroatoms. The number of benzene rings is 2. The Morgan fingerprint density at radius 1 is 1.06 bits per heavy atom. The first kappa shape index (κ1) is 23.0. The molecule has 0 atom stereocenters. The van der Waals surface area contributed by atoms with E-state index in [1.165, 1.54) is 23.9 Å². The van der Waals surface area contributed by atoms with Crippen molar-refractivity contribution in [2.45, 2.75) is 11.3 Å². The fourth-order valence-corrected chi connectivity index (χ4v) is 5.41. The molecule has 0 bridgehead atoms. The average molecular weight is 483 g/mol. The molecule has 4 rings (SSSR count). The summed E-state index contributed by atoms with van der Waals surface area (Å²) in [6.07, 6.45) is 2.12. The van der Waals surface area contributed by atoms with Gasteiger partial charge in [-0.05, 0) is 36.0 Å². The van der Waals surface area contributed by atoms with Crippen molar-refractivity contribution in [1.82, 2.24) is 9.80 Å². The van der Waals surface area contributed by atoms with Crippen molar-refractivity contribution >= 4 is 39.0 Å². The molecule has 170 valence electrons. The van der Waals surface area contributed by atoms with Crippen molar-refractivity contribution in [2.75, 3.05) is 32.7 Å². The van der Waals surface area contributed by atoms with Crippen LogP contribution >= 0.6 is 11.8 Å². The first-order chi connectivity index (χ1) is 16.0. The maximum absolute atomic E-state index is 12.6. The van der Waals surface area contributed by atoms with Gasteiger partial charge in [0.2, 0.25) is 0 Å². The highest BCUT2D eigenvalue weighted by Gasteiger charge is 2.29. The van der Waals surface area contributed by atoms with Gasteiger partial charge >= 0.3 is 10.1 Å². The Labute approximate surface area is 197 Å². The van der Waals surface area contributed by atoms with Crippen LogP contribution in [0, 0.1) is 11.3 Å². The van der Waals surface area contributed by atoms with Gasteiger partial charge in [-0.15, -0.1) is 0 Å². The molecule has 0 spiro atoms. The molecular formula is C23H22N4O4S2. The van der Waals surface area contributed by atoms with Crippen molar-refractivity contribution < 1.29 is 17.4 Å². The molecule has 1 saturated heterocycles. The molecule has 0 aliphatic carbocycles. The quantitative estimate of drug-likeness (QED) is 0.457. The largest absolute Gasteiger partial charge is 0.378 e. The van der Waals surface area contributed by atoms with E-state index >= 15 is 0 Å². The number of rotatable bonds is 6. The number of nitriles is 1. The summed E-state index contributed by atoms with van der Waals surface area (Å²) in [5, 5.41) is 9.39. The third kappa shape index (κ3) is 5.63. The highest BCUT2D eigenvalue weighted by Crippen LogP contribution is 2.33. The monoisotopic (exact) mass is 482 g/mol. The number of hydrogen-bond donors (Lipinski definition) is 0. The van der Waals surface area contributed by atoms with Gasteiger partial charge < -0.3 is 9.08 Å². The molecule has 0 saturated carbocycles. The summed E-state index contributed by atoms with van der Waals surface area (Å²) in [4.78, 5) is 21.5. The van der Waals surface area contributed by atoms with E-state index in [9.17, 15) is 13.2 Å². The van der Waals surface area contributed by atoms with Gasteiger partial charge in [0.1, 0.15) is 10.6 Å². The van der Waals surface area contributed by atoms with Gasteiger partial charge in [-0.1, -0.05) is 36.4 Å². The predicted molar refractivity (Wildman–Crippen MR) is 127 cm³/mol. The van der Waals surface area contributed by atoms with Crippen molar-refractivity contribution in [3.63, 3.8) is 0 Å². The third-order valence-corrected chi connectivity index (χ3v) is 7.52. The Hall–Kier alpha value is -3.13. The van der Waals surface area contributed by atoms with Gasteiger partial charge in [0, 0.05) is 44.7 Å². The lowest BCUT2D eigenvalue weighted by molar-refractivity contribution is -0.113. The Morgan fingerprint density at radius 3 is 2.48 bits per heavy atom. The van der Waals surface area contributed by atoms with E-state index < -0.39 is 10.1 Å². The first-order valence-corrected chi connectivity index (χ1v) is 12.6. The second-order valence-electron chi connectivity index (χ2n) is 7.44. The molecule has 0 unspecified atom stereocenters. The van der Waals surface area contributed by atoms with Crippen LogP contribution in [-0.4, -0.2) is 62.0 Å². The molecule has 2 aliphatic heterocycles. The number of carbonyl (C=O) groups is 1. The minimum atomic E-state index is -4.01. The van der Waals surface area contributed by atoms with Crippen LogP contribution in [0.3, 0.4) is 0 Å². The Morgan fingerprint density at radius 2 is 1.76 bits per heavy atom. The van der Waals surface area contributed by atoms with Crippen molar-refractivity contribution in [2.24, 2.45) is 4.99 Å². The number of aliphatic imine (C=N–C) groups is 1. The Kier molecular flexibility index (Phi) is 7.13. The zero-order valence-corrected chi connectivity index (χ0v) is 19.4. The molecule has 0 radical (unpaired) electrons. The van der Waals surface area contributed by atoms with Gasteiger partial charge in [0.15, 0.2) is 5.17 Å². The van der Waals surface area contributed by atoms with Gasteiger partial charge in [0.05, 0.1) is 11.0 Å². The van der Waals surface area contributed by atoms with Crippen LogP contribution in [0.25, 0.3) is 6.08 Å². The molecule has 0 aromatic heterocycles. The van der Waals surface area contributed by atoms with Crippen LogP contribution < -0.4 is 4.18 Å². The molecule has 0 N–H and O–H groups in total. The molecule has 2 heterocycles. The van der Waals surface area contributed by atoms with Gasteiger partial charge in [-0.2, -0.15) is 18.7 Å². The molecule has 33 heavy (non-hydrogen) atoms. The number of nitrogens with zero attached hydrogens (tertiary/aromatic N) is 4. The van der Waals surface area contributed by atoms with Gasteiger partial charge in [-0.25, -0.2) is 0 Å². The maximum atomic E-state index is 12.6. The molecule has 2 aliphatic rings. The summed E-state index contributed by atoms with van der Waals surface area (Å²) < 4.78 is 30.7. The zero-order valence-electron chi connectivity index (χ0n) is 17.8. The minimum Gasteiger partial charge on any atom is -0.378 e. The van der Waals surface area contributed by atoms with Crippen molar-refractivity contribution in [3.05, 3.63) is 65.1 Å². The Balaban J connectivity index is 1.47. The maximum Gasteiger partial charge on any atom is 0.339 e. The molecule has 1 amide bonds. The van der Waals surface area contributed by atoms with E-state index in [-0.39, 0.29) is 16.6 Å². The van der Waals surface area contributed by atoms with E-state index in [0.29, 0.717) is 22.1 Å². The third-order valence-electron chi connectivity index (χ3n) is 5.23. The van der Waals surface area contributed by atoms with Crippen LogP contribution in [0.15, 0.2) is 69.4 Å². The second-order valence-corrected chi connectivity index (χ2v) is 9.99. The zero-order chi connectivity index (χ0) is 23.3. The van der Waals surface area contributed by atoms with Gasteiger partial charge in [-0.3, -0.25) is 9.69 Å². The number of thioether (sulfide) groups is 1. The number of carbonyl (C=O) groups excluding carboxylic acids is 1. The van der Waals surface area contributed by atoms with Crippen LogP contribution in [-0.2, 0) is 14.9 Å². The SMILES string of the molecule is N#CCCN1CCN(C2=NC(=O)C(=Cc3ccccc3OS(=O)(=O)c3ccccc3)S2)CC1. The summed E-state index contributed by atoms with van der Waals surface area (Å²) in [5.74, 6) is -0.218. The molecule has 8 nitrogen and oxygen atoms in total. The minimum absolute atomic E-state index is 0.0540. The molecule has 1 fully saturated rings. The lowest BCUT2D eigenvalue weighted by Gasteiger charge is -2.34. The van der Waals surface area contributed by atoms with E-state index in [1.807, 2.05) is 0 Å². The van der Waals surface area contributed by atoms with Crippen LogP contribution in [0.4, 0.5) is 0 Å². The normalized spacial score (nSPS) is 18.3. The lowest BCUT2D eigenvalue weighted by atomic mass is 10.2. The van der Waals surface area contributed by atoms with Crippen molar-refractivity contribution in [1.29, 1.82) is 5.26 Å². The fraction of sp³-hybridized carbons (Fsp3) is 0.261. The second kappa shape index (κ2) is 10.2. The number of piperazine rings is 1. The van der Waals surface area contributed by atoms with Crippen LogP contribution in [0.1, 0.15) is 12.0 Å². The van der Waals surface area contributed by atoms with E-state index in [2.05, 4.69) is 20.9 Å². The topological polar surface area (TPSA) is 103 Å². The van der Waals surface area contributed by atoms with Gasteiger partial charge in [0.25, 0.3) is 5.91 Å². The standard InChI is InChI=1S/C23H22N4O4S2/c24-11-6-12-26-13-15-27(16-14-26)23-25-22(28)21(32-23)17-18-7-4-5-10-20(18)31-33(29,30)19-8-2-1-3-9-19/h1-5,7-10,17H,6,12-16H2. The number of hydrogen-bond acceptors (Lipinski definition) is 8. The fourth-order valence-electron chi connectivity index (χ4n) is 3.47. The van der Waals surface area contributed by atoms with E-state index in [0.717, 1.165) is 32.7 Å². The first-order valence-electron chi connectivity index (χ1n) is 10.4. The van der Waals surface area contributed by atoms with Crippen molar-refractivity contribution in [3.8, 4) is 11.8 Å². The lowest BCUT2D eigenvalue weighted by Crippen LogP contribution is -2.47. The highest BCUT2D eigenvalue weighted by atomic mass is 32.2. The highest BCUT2D eigenvalue weighted by molar-refractivity contribution is 8.18. The predicted octanol–water partition coefficient (Wildman–Crippen LogP) is 2.96. The summed E-state index contributed by atoms with van der Waals surface area (Å²) in [6, 6.07) is 16.7. The summed E-state index contributed by atoms with van der Waals surface area (Å²) >= 11 is 1.27. The summed E-state index contributed by atoms with van der Waals surface area (Å²) in [6.45, 7) is 3.82.